The zero-order valence-corrected chi connectivity index (χ0v) is 13.2. The fraction of sp³-hybridized carbons (Fsp3) is 0.455. The molecule has 0 spiro atoms. The normalized spacial score (nSPS) is 27.0. The molecular weight excluding hydrogens is 336 g/mol. The van der Waals surface area contributed by atoms with Crippen LogP contribution < -0.4 is 0 Å². The third-order valence-electron chi connectivity index (χ3n) is 3.85. The average molecular weight is 348 g/mol. The van der Waals surface area contributed by atoms with Crippen molar-refractivity contribution < 1.29 is 31.6 Å². The molecule has 1 saturated heterocycles. The molecular formula is C11H12N2O7S2. The van der Waals surface area contributed by atoms with E-state index in [9.17, 15) is 18.0 Å². The number of carbonyl (C=O) groups excluding carboxylic acids is 2. The molecule has 0 radical (unpaired) electrons. The third-order valence-corrected chi connectivity index (χ3v) is 5.34. The highest BCUT2D eigenvalue weighted by Crippen LogP contribution is 2.49. The van der Waals surface area contributed by atoms with Crippen LogP contribution in [-0.4, -0.2) is 48.6 Å². The van der Waals surface area contributed by atoms with Crippen molar-refractivity contribution in [3.8, 4) is 0 Å². The van der Waals surface area contributed by atoms with Gasteiger partial charge in [0, 0.05) is 4.88 Å². The molecule has 1 fully saturated rings. The van der Waals surface area contributed by atoms with Crippen LogP contribution in [0, 0.1) is 0 Å². The first kappa shape index (κ1) is 15.2. The van der Waals surface area contributed by atoms with E-state index in [4.69, 9.17) is 9.29 Å². The lowest BCUT2D eigenvalue weighted by atomic mass is 9.89. The monoisotopic (exact) mass is 348 g/mol. The summed E-state index contributed by atoms with van der Waals surface area (Å²) in [5.41, 5.74) is -0.785. The van der Waals surface area contributed by atoms with Gasteiger partial charge in [-0.3, -0.25) is 9.45 Å². The number of hydrogen-bond donors (Lipinski definition) is 1. The molecule has 1 unspecified atom stereocenters. The second kappa shape index (κ2) is 4.65. The molecule has 0 saturated carbocycles. The summed E-state index contributed by atoms with van der Waals surface area (Å²) in [6.45, 7) is 1.57. The summed E-state index contributed by atoms with van der Waals surface area (Å²) in [6, 6.07) is 0.120. The SMILES string of the molecule is COC(=O)C1(C)c2sccc2[C@H]2CN1C(=O)N2OS(=O)(=O)O. The molecule has 1 aromatic heterocycles. The first-order valence-corrected chi connectivity index (χ1v) is 8.38. The lowest BCUT2D eigenvalue weighted by molar-refractivity contribution is -0.153. The number of thiophene rings is 1. The second-order valence-corrected chi connectivity index (χ2v) is 6.93. The maximum atomic E-state index is 12.4. The minimum Gasteiger partial charge on any atom is -0.467 e. The Morgan fingerprint density at radius 1 is 1.55 bits per heavy atom. The molecule has 11 heteroatoms. The fourth-order valence-corrected chi connectivity index (χ4v) is 4.35. The van der Waals surface area contributed by atoms with Gasteiger partial charge in [-0.25, -0.2) is 9.59 Å². The Morgan fingerprint density at radius 3 is 2.82 bits per heavy atom. The number of nitrogens with zero attached hydrogens (tertiary/aromatic N) is 2. The van der Waals surface area contributed by atoms with E-state index in [-0.39, 0.29) is 6.54 Å². The van der Waals surface area contributed by atoms with Crippen LogP contribution in [0.1, 0.15) is 23.4 Å². The molecule has 0 aliphatic carbocycles. The lowest BCUT2D eigenvalue weighted by Crippen LogP contribution is -2.52. The topological polar surface area (TPSA) is 113 Å². The van der Waals surface area contributed by atoms with Crippen LogP contribution in [-0.2, 0) is 29.8 Å². The van der Waals surface area contributed by atoms with Gasteiger partial charge in [-0.05, 0) is 23.9 Å². The highest BCUT2D eigenvalue weighted by Gasteiger charge is 2.59. The summed E-state index contributed by atoms with van der Waals surface area (Å²) in [4.78, 5) is 26.4. The number of esters is 1. The zero-order chi connectivity index (χ0) is 16.3. The number of fused-ring (bicyclic) bond motifs is 4. The van der Waals surface area contributed by atoms with Crippen molar-refractivity contribution in [3.63, 3.8) is 0 Å². The van der Waals surface area contributed by atoms with Gasteiger partial charge in [-0.15, -0.1) is 15.6 Å². The van der Waals surface area contributed by atoms with E-state index in [1.165, 1.54) is 30.3 Å². The molecule has 1 N–H and O–H groups in total. The Hall–Kier alpha value is -1.69. The summed E-state index contributed by atoms with van der Waals surface area (Å²) in [6.07, 6.45) is 0. The van der Waals surface area contributed by atoms with E-state index < -0.39 is 34.0 Å². The van der Waals surface area contributed by atoms with Gasteiger partial charge in [0.25, 0.3) is 0 Å². The molecule has 3 rings (SSSR count). The highest BCUT2D eigenvalue weighted by molar-refractivity contribution is 7.80. The molecule has 2 amide bonds. The number of hydroxylamine groups is 2. The quantitative estimate of drug-likeness (QED) is 0.630. The smallest absolute Gasteiger partial charge is 0.418 e. The minimum atomic E-state index is -4.86. The van der Waals surface area contributed by atoms with E-state index >= 15 is 0 Å². The number of carbonyl (C=O) groups is 2. The number of urea groups is 1. The summed E-state index contributed by atoms with van der Waals surface area (Å²) in [5.74, 6) is -0.642. The maximum absolute atomic E-state index is 12.4. The summed E-state index contributed by atoms with van der Waals surface area (Å²) >= 11 is 1.26. The van der Waals surface area contributed by atoms with Gasteiger partial charge in [-0.1, -0.05) is 0 Å². The van der Waals surface area contributed by atoms with Crippen molar-refractivity contribution in [2.45, 2.75) is 18.5 Å². The Morgan fingerprint density at radius 2 is 2.23 bits per heavy atom. The molecule has 3 heterocycles. The number of rotatable bonds is 3. The van der Waals surface area contributed by atoms with E-state index in [2.05, 4.69) is 4.28 Å². The third kappa shape index (κ3) is 1.93. The molecule has 2 aliphatic heterocycles. The first-order chi connectivity index (χ1) is 10.2. The van der Waals surface area contributed by atoms with Gasteiger partial charge in [0.05, 0.1) is 13.7 Å². The molecule has 2 aliphatic rings. The summed E-state index contributed by atoms with van der Waals surface area (Å²) in [7, 11) is -3.65. The predicted octanol–water partition coefficient (Wildman–Crippen LogP) is 0.663. The van der Waals surface area contributed by atoms with Crippen LogP contribution in [0.5, 0.6) is 0 Å². The van der Waals surface area contributed by atoms with Crippen LogP contribution in [0.15, 0.2) is 11.4 Å². The predicted molar refractivity (Wildman–Crippen MR) is 73.0 cm³/mol. The molecule has 1 aromatic rings. The van der Waals surface area contributed by atoms with Crippen LogP contribution in [0.3, 0.4) is 0 Å². The van der Waals surface area contributed by atoms with Gasteiger partial charge in [0.1, 0.15) is 6.04 Å². The van der Waals surface area contributed by atoms with E-state index in [0.717, 1.165) is 0 Å². The number of ether oxygens (including phenoxy) is 1. The Bertz CT molecular complexity index is 758. The van der Waals surface area contributed by atoms with Gasteiger partial charge < -0.3 is 4.74 Å². The Kier molecular flexibility index (Phi) is 3.22. The van der Waals surface area contributed by atoms with E-state index in [1.54, 1.807) is 11.4 Å². The first-order valence-electron chi connectivity index (χ1n) is 6.14. The summed E-state index contributed by atoms with van der Waals surface area (Å²) < 4.78 is 39.9. The summed E-state index contributed by atoms with van der Waals surface area (Å²) in [5, 5.41) is 2.29. The van der Waals surface area contributed by atoms with Gasteiger partial charge in [-0.2, -0.15) is 13.5 Å². The van der Waals surface area contributed by atoms with Crippen molar-refractivity contribution in [1.29, 1.82) is 0 Å². The number of hydrogen-bond acceptors (Lipinski definition) is 7. The molecule has 2 bridgehead atoms. The van der Waals surface area contributed by atoms with Crippen molar-refractivity contribution in [2.75, 3.05) is 13.7 Å². The minimum absolute atomic E-state index is 0.0453. The van der Waals surface area contributed by atoms with Crippen molar-refractivity contribution in [3.05, 3.63) is 21.9 Å². The molecule has 9 nitrogen and oxygen atoms in total. The zero-order valence-electron chi connectivity index (χ0n) is 11.5. The van der Waals surface area contributed by atoms with Gasteiger partial charge >= 0.3 is 22.4 Å². The van der Waals surface area contributed by atoms with Crippen molar-refractivity contribution in [1.82, 2.24) is 9.96 Å². The lowest BCUT2D eigenvalue weighted by Gasteiger charge is -2.37. The Labute approximate surface area is 129 Å². The van der Waals surface area contributed by atoms with E-state index in [1.807, 2.05) is 0 Å². The van der Waals surface area contributed by atoms with Crippen LogP contribution in [0.4, 0.5) is 4.79 Å². The Balaban J connectivity index is 2.14. The van der Waals surface area contributed by atoms with E-state index in [0.29, 0.717) is 15.5 Å². The molecule has 120 valence electrons. The standard InChI is InChI=1S/C11H12N2O7S2/c1-11(9(14)19-2)8-6(3-4-21-8)7-5-12(11)10(15)13(7)20-22(16,17)18/h3-4,7H,5H2,1-2H3,(H,16,17,18)/t7-,11?/m1/s1. The average Bonchev–Trinajstić information content (AvgIpc) is 3.02. The van der Waals surface area contributed by atoms with Crippen LogP contribution >= 0.6 is 11.3 Å². The van der Waals surface area contributed by atoms with Crippen molar-refractivity contribution >= 4 is 33.7 Å². The molecule has 22 heavy (non-hydrogen) atoms. The number of methoxy groups -OCH3 is 1. The van der Waals surface area contributed by atoms with Crippen LogP contribution in [0.25, 0.3) is 0 Å². The van der Waals surface area contributed by atoms with Gasteiger partial charge in [0.2, 0.25) is 0 Å². The van der Waals surface area contributed by atoms with Gasteiger partial charge in [0.15, 0.2) is 5.54 Å². The highest BCUT2D eigenvalue weighted by atomic mass is 32.3. The fourth-order valence-electron chi connectivity index (χ4n) is 2.86. The van der Waals surface area contributed by atoms with Crippen LogP contribution in [0.2, 0.25) is 0 Å². The maximum Gasteiger partial charge on any atom is 0.418 e. The number of amides is 2. The largest absolute Gasteiger partial charge is 0.467 e. The molecule has 0 aromatic carbocycles. The second-order valence-electron chi connectivity index (χ2n) is 5.01. The molecule has 2 atom stereocenters. The van der Waals surface area contributed by atoms with Crippen molar-refractivity contribution in [2.24, 2.45) is 0 Å².